The lowest BCUT2D eigenvalue weighted by atomic mass is 9.86. The van der Waals surface area contributed by atoms with Crippen molar-refractivity contribution in [2.45, 2.75) is 39.2 Å². The fraction of sp³-hybridized carbons (Fsp3) is 0.529. The molecule has 1 N–H and O–H groups in total. The molecule has 1 heterocycles. The molecular formula is C17H24N2. The Morgan fingerprint density at radius 2 is 2.11 bits per heavy atom. The number of hydrogen-bond donors (Lipinski definition) is 1. The van der Waals surface area contributed by atoms with Crippen molar-refractivity contribution in [2.75, 3.05) is 6.54 Å². The highest BCUT2D eigenvalue weighted by atomic mass is 15.0. The first-order chi connectivity index (χ1) is 9.16. The maximum absolute atomic E-state index is 3.59. The number of fused-ring (bicyclic) bond motifs is 3. The first-order valence-electron chi connectivity index (χ1n) is 7.45. The van der Waals surface area contributed by atoms with Crippen molar-refractivity contribution in [3.63, 3.8) is 0 Å². The van der Waals surface area contributed by atoms with E-state index < -0.39 is 0 Å². The number of rotatable bonds is 3. The third-order valence-corrected chi connectivity index (χ3v) is 4.44. The van der Waals surface area contributed by atoms with Gasteiger partial charge in [-0.2, -0.15) is 0 Å². The number of aromatic nitrogens is 1. The zero-order valence-corrected chi connectivity index (χ0v) is 12.2. The molecule has 1 aliphatic carbocycles. The Balaban J connectivity index is 1.90. The highest BCUT2D eigenvalue weighted by Gasteiger charge is 2.23. The normalized spacial score (nSPS) is 19.1. The van der Waals surface area contributed by atoms with Crippen molar-refractivity contribution < 1.29 is 0 Å². The number of aryl methyl sites for hydroxylation is 1. The number of para-hydroxylation sites is 1. The summed E-state index contributed by atoms with van der Waals surface area (Å²) in [6, 6.07) is 9.43. The predicted molar refractivity (Wildman–Crippen MR) is 81.6 cm³/mol. The highest BCUT2D eigenvalue weighted by molar-refractivity contribution is 5.85. The van der Waals surface area contributed by atoms with Crippen LogP contribution in [0.1, 0.15) is 31.5 Å². The lowest BCUT2D eigenvalue weighted by Gasteiger charge is -2.24. The Labute approximate surface area is 115 Å². The maximum Gasteiger partial charge on any atom is 0.0482 e. The van der Waals surface area contributed by atoms with Crippen LogP contribution in [-0.4, -0.2) is 17.2 Å². The molecule has 2 aromatic rings. The summed E-state index contributed by atoms with van der Waals surface area (Å²) in [4.78, 5) is 0. The Hall–Kier alpha value is -1.28. The maximum atomic E-state index is 3.59. The van der Waals surface area contributed by atoms with Crippen LogP contribution in [0.4, 0.5) is 0 Å². The topological polar surface area (TPSA) is 17.0 Å². The van der Waals surface area contributed by atoms with Crippen molar-refractivity contribution in [2.24, 2.45) is 13.0 Å². The zero-order valence-electron chi connectivity index (χ0n) is 12.2. The van der Waals surface area contributed by atoms with E-state index in [0.29, 0.717) is 6.04 Å². The van der Waals surface area contributed by atoms with Gasteiger partial charge in [-0.3, -0.25) is 0 Å². The lowest BCUT2D eigenvalue weighted by molar-refractivity contribution is 0.403. The van der Waals surface area contributed by atoms with E-state index >= 15 is 0 Å². The third-order valence-electron chi connectivity index (χ3n) is 4.44. The van der Waals surface area contributed by atoms with Crippen molar-refractivity contribution in [1.29, 1.82) is 0 Å². The largest absolute Gasteiger partial charge is 0.347 e. The van der Waals surface area contributed by atoms with Crippen LogP contribution in [0.25, 0.3) is 10.9 Å². The smallest absolute Gasteiger partial charge is 0.0482 e. The van der Waals surface area contributed by atoms with E-state index in [2.05, 4.69) is 55.0 Å². The fourth-order valence-corrected chi connectivity index (χ4v) is 3.38. The summed E-state index contributed by atoms with van der Waals surface area (Å²) in [5.74, 6) is 0.792. The first-order valence-corrected chi connectivity index (χ1v) is 7.45. The molecule has 1 aromatic heterocycles. The molecule has 19 heavy (non-hydrogen) atoms. The van der Waals surface area contributed by atoms with Crippen molar-refractivity contribution in [3.8, 4) is 0 Å². The standard InChI is InChI=1S/C17H24N2/c1-12(2)18-11-13-8-9-17-15(10-13)14-6-4-5-7-16(14)19(17)3/h4-7,12-13,18H,8-11H2,1-3H3/t13-/m1/s1. The second kappa shape index (κ2) is 5.01. The van der Waals surface area contributed by atoms with Gasteiger partial charge in [0.05, 0.1) is 0 Å². The molecule has 0 radical (unpaired) electrons. The summed E-state index contributed by atoms with van der Waals surface area (Å²) in [5.41, 5.74) is 4.55. The van der Waals surface area contributed by atoms with Crippen molar-refractivity contribution >= 4 is 10.9 Å². The van der Waals surface area contributed by atoms with Crippen LogP contribution >= 0.6 is 0 Å². The number of nitrogens with zero attached hydrogens (tertiary/aromatic N) is 1. The van der Waals surface area contributed by atoms with Gasteiger partial charge < -0.3 is 9.88 Å². The minimum atomic E-state index is 0.592. The molecule has 3 rings (SSSR count). The SMILES string of the molecule is CC(C)NC[C@@H]1CCc2c(c3ccccc3n2C)C1. The van der Waals surface area contributed by atoms with E-state index in [1.807, 2.05) is 0 Å². The summed E-state index contributed by atoms with van der Waals surface area (Å²) >= 11 is 0. The van der Waals surface area contributed by atoms with Crippen LogP contribution in [-0.2, 0) is 19.9 Å². The average Bonchev–Trinajstić information content (AvgIpc) is 2.71. The van der Waals surface area contributed by atoms with Crippen LogP contribution in [0.15, 0.2) is 24.3 Å². The first kappa shape index (κ1) is 12.7. The zero-order chi connectivity index (χ0) is 13.4. The summed E-state index contributed by atoms with van der Waals surface area (Å²) in [5, 5.41) is 5.06. The number of hydrogen-bond acceptors (Lipinski definition) is 1. The molecular weight excluding hydrogens is 232 g/mol. The van der Waals surface area contributed by atoms with Gasteiger partial charge >= 0.3 is 0 Å². The summed E-state index contributed by atoms with van der Waals surface area (Å²) < 4.78 is 2.40. The Morgan fingerprint density at radius 1 is 1.32 bits per heavy atom. The second-order valence-corrected chi connectivity index (χ2v) is 6.17. The Morgan fingerprint density at radius 3 is 2.89 bits per heavy atom. The van der Waals surface area contributed by atoms with Crippen LogP contribution < -0.4 is 5.32 Å². The minimum absolute atomic E-state index is 0.592. The second-order valence-electron chi connectivity index (χ2n) is 6.17. The average molecular weight is 256 g/mol. The number of benzene rings is 1. The van der Waals surface area contributed by atoms with Gasteiger partial charge in [0.2, 0.25) is 0 Å². The van der Waals surface area contributed by atoms with E-state index in [1.165, 1.54) is 30.2 Å². The monoisotopic (exact) mass is 256 g/mol. The Bertz CT molecular complexity index is 580. The van der Waals surface area contributed by atoms with Crippen LogP contribution in [0.2, 0.25) is 0 Å². The molecule has 1 aliphatic rings. The van der Waals surface area contributed by atoms with E-state index in [1.54, 1.807) is 11.3 Å². The van der Waals surface area contributed by atoms with Gasteiger partial charge in [-0.05, 0) is 43.4 Å². The molecule has 0 saturated heterocycles. The van der Waals surface area contributed by atoms with Gasteiger partial charge in [-0.15, -0.1) is 0 Å². The third kappa shape index (κ3) is 2.30. The van der Waals surface area contributed by atoms with Gasteiger partial charge in [-0.1, -0.05) is 32.0 Å². The van der Waals surface area contributed by atoms with E-state index in [4.69, 9.17) is 0 Å². The predicted octanol–water partition coefficient (Wildman–Crippen LogP) is 3.28. The highest BCUT2D eigenvalue weighted by Crippen LogP contribution is 2.33. The molecule has 1 aromatic carbocycles. The molecule has 0 spiro atoms. The molecule has 0 unspecified atom stereocenters. The molecule has 102 valence electrons. The molecule has 0 amide bonds. The van der Waals surface area contributed by atoms with Gasteiger partial charge in [0, 0.05) is 29.7 Å². The summed E-state index contributed by atoms with van der Waals surface area (Å²) in [6.07, 6.45) is 3.78. The van der Waals surface area contributed by atoms with Gasteiger partial charge in [0.1, 0.15) is 0 Å². The van der Waals surface area contributed by atoms with E-state index in [-0.39, 0.29) is 0 Å². The van der Waals surface area contributed by atoms with Gasteiger partial charge in [0.25, 0.3) is 0 Å². The lowest BCUT2D eigenvalue weighted by Crippen LogP contribution is -2.31. The summed E-state index contributed by atoms with van der Waals surface area (Å²) in [7, 11) is 2.22. The van der Waals surface area contributed by atoms with Crippen molar-refractivity contribution in [3.05, 3.63) is 35.5 Å². The van der Waals surface area contributed by atoms with E-state index in [9.17, 15) is 0 Å². The van der Waals surface area contributed by atoms with Gasteiger partial charge in [0.15, 0.2) is 0 Å². The molecule has 1 atom stereocenters. The quantitative estimate of drug-likeness (QED) is 0.891. The van der Waals surface area contributed by atoms with Crippen LogP contribution in [0, 0.1) is 5.92 Å². The van der Waals surface area contributed by atoms with Crippen LogP contribution in [0.3, 0.4) is 0 Å². The van der Waals surface area contributed by atoms with E-state index in [0.717, 1.165) is 12.5 Å². The Kier molecular flexibility index (Phi) is 3.36. The molecule has 0 bridgehead atoms. The number of nitrogens with one attached hydrogen (secondary N) is 1. The van der Waals surface area contributed by atoms with Crippen molar-refractivity contribution in [1.82, 2.24) is 9.88 Å². The fourth-order valence-electron chi connectivity index (χ4n) is 3.38. The van der Waals surface area contributed by atoms with Gasteiger partial charge in [-0.25, -0.2) is 0 Å². The molecule has 2 nitrogen and oxygen atoms in total. The van der Waals surface area contributed by atoms with Crippen LogP contribution in [0.5, 0.6) is 0 Å². The molecule has 2 heteroatoms. The summed E-state index contributed by atoms with van der Waals surface area (Å²) in [6.45, 7) is 5.61. The molecule has 0 fully saturated rings. The molecule has 0 aliphatic heterocycles. The molecule has 0 saturated carbocycles. The minimum Gasteiger partial charge on any atom is -0.347 e.